The Kier molecular flexibility index (Phi) is 3.10. The number of hydrogen-bond acceptors (Lipinski definition) is 4. The van der Waals surface area contributed by atoms with Crippen LogP contribution in [0.4, 0.5) is 0 Å². The van der Waals surface area contributed by atoms with Crippen LogP contribution in [0.25, 0.3) is 11.1 Å². The maximum absolute atomic E-state index is 11.5. The monoisotopic (exact) mass is 251 g/mol. The van der Waals surface area contributed by atoms with Crippen LogP contribution < -0.4 is 10.3 Å². The van der Waals surface area contributed by atoms with Crippen LogP contribution >= 0.6 is 11.6 Å². The fourth-order valence-corrected chi connectivity index (χ4v) is 1.68. The Morgan fingerprint density at radius 1 is 1.41 bits per heavy atom. The summed E-state index contributed by atoms with van der Waals surface area (Å²) in [5.74, 6) is 0.458. The quantitative estimate of drug-likeness (QED) is 0.812. The average Bonchev–Trinajstić information content (AvgIpc) is 2.34. The largest absolute Gasteiger partial charge is 0.481 e. The predicted octanol–water partition coefficient (Wildman–Crippen LogP) is 1.50. The standard InChI is InChI=1S/C11H10ClN3O2/c1-15-10(16)6-8(11(12)14-15)7-3-4-13-9(5-7)17-2/h3-6H,1-2H3. The van der Waals surface area contributed by atoms with Crippen LogP contribution in [-0.4, -0.2) is 21.9 Å². The van der Waals surface area contributed by atoms with Gasteiger partial charge in [-0.2, -0.15) is 5.10 Å². The van der Waals surface area contributed by atoms with Gasteiger partial charge in [-0.3, -0.25) is 4.79 Å². The molecule has 2 rings (SSSR count). The first-order valence-corrected chi connectivity index (χ1v) is 5.24. The van der Waals surface area contributed by atoms with Crippen molar-refractivity contribution in [3.05, 3.63) is 39.9 Å². The minimum absolute atomic E-state index is 0.222. The Balaban J connectivity index is 2.60. The summed E-state index contributed by atoms with van der Waals surface area (Å²) in [7, 11) is 3.07. The first-order valence-electron chi connectivity index (χ1n) is 4.86. The van der Waals surface area contributed by atoms with Crippen LogP contribution in [0, 0.1) is 0 Å². The third-order valence-corrected chi connectivity index (χ3v) is 2.58. The maximum atomic E-state index is 11.5. The molecule has 0 atom stereocenters. The van der Waals surface area contributed by atoms with Crippen molar-refractivity contribution >= 4 is 11.6 Å². The van der Waals surface area contributed by atoms with Gasteiger partial charge in [-0.25, -0.2) is 9.67 Å². The molecule has 0 amide bonds. The third kappa shape index (κ3) is 2.29. The van der Waals surface area contributed by atoms with Gasteiger partial charge in [-0.1, -0.05) is 11.6 Å². The van der Waals surface area contributed by atoms with Gasteiger partial charge in [0.05, 0.1) is 7.11 Å². The Hall–Kier alpha value is -1.88. The molecule has 0 N–H and O–H groups in total. The Labute approximate surface area is 103 Å². The van der Waals surface area contributed by atoms with E-state index in [1.807, 2.05) is 0 Å². The number of methoxy groups -OCH3 is 1. The Bertz CT molecular complexity index is 610. The molecule has 2 heterocycles. The molecule has 5 nitrogen and oxygen atoms in total. The summed E-state index contributed by atoms with van der Waals surface area (Å²) in [4.78, 5) is 15.5. The van der Waals surface area contributed by atoms with E-state index in [4.69, 9.17) is 16.3 Å². The number of hydrogen-bond donors (Lipinski definition) is 0. The van der Waals surface area contributed by atoms with E-state index in [1.54, 1.807) is 25.4 Å². The van der Waals surface area contributed by atoms with Crippen molar-refractivity contribution in [3.8, 4) is 17.0 Å². The average molecular weight is 252 g/mol. The second-order valence-corrected chi connectivity index (χ2v) is 3.76. The van der Waals surface area contributed by atoms with Crippen LogP contribution in [0.15, 0.2) is 29.2 Å². The van der Waals surface area contributed by atoms with E-state index >= 15 is 0 Å². The predicted molar refractivity (Wildman–Crippen MR) is 64.3 cm³/mol. The van der Waals surface area contributed by atoms with Gasteiger partial charge in [0.15, 0.2) is 5.15 Å². The molecule has 0 bridgehead atoms. The van der Waals surface area contributed by atoms with E-state index in [9.17, 15) is 4.79 Å². The fraction of sp³-hybridized carbons (Fsp3) is 0.182. The molecular formula is C11H10ClN3O2. The summed E-state index contributed by atoms with van der Waals surface area (Å²) in [6, 6.07) is 4.87. The molecular weight excluding hydrogens is 242 g/mol. The van der Waals surface area contributed by atoms with Crippen molar-refractivity contribution in [3.63, 3.8) is 0 Å². The van der Waals surface area contributed by atoms with Crippen molar-refractivity contribution in [1.82, 2.24) is 14.8 Å². The number of halogens is 1. The smallest absolute Gasteiger partial charge is 0.267 e. The number of ether oxygens (including phenoxy) is 1. The van der Waals surface area contributed by atoms with Gasteiger partial charge in [0.1, 0.15) is 0 Å². The molecule has 17 heavy (non-hydrogen) atoms. The third-order valence-electron chi connectivity index (χ3n) is 2.30. The highest BCUT2D eigenvalue weighted by Gasteiger charge is 2.08. The SMILES string of the molecule is COc1cc(-c2cc(=O)n(C)nc2Cl)ccn1. The minimum atomic E-state index is -0.222. The molecule has 0 saturated carbocycles. The highest BCUT2D eigenvalue weighted by molar-refractivity contribution is 6.32. The lowest BCUT2D eigenvalue weighted by atomic mass is 10.1. The van der Waals surface area contributed by atoms with Gasteiger partial charge < -0.3 is 4.74 Å². The molecule has 0 aliphatic carbocycles. The molecule has 0 aliphatic rings. The lowest BCUT2D eigenvalue weighted by Crippen LogP contribution is -2.18. The van der Waals surface area contributed by atoms with Crippen molar-refractivity contribution in [2.24, 2.45) is 7.05 Å². The zero-order chi connectivity index (χ0) is 12.4. The Morgan fingerprint density at radius 2 is 2.18 bits per heavy atom. The highest BCUT2D eigenvalue weighted by atomic mass is 35.5. The number of pyridine rings is 1. The molecule has 0 aromatic carbocycles. The zero-order valence-electron chi connectivity index (χ0n) is 9.35. The van der Waals surface area contributed by atoms with Gasteiger partial charge in [0.25, 0.3) is 5.56 Å². The van der Waals surface area contributed by atoms with Crippen molar-refractivity contribution in [1.29, 1.82) is 0 Å². The van der Waals surface area contributed by atoms with Crippen LogP contribution in [0.2, 0.25) is 5.15 Å². The first-order chi connectivity index (χ1) is 8.11. The van der Waals surface area contributed by atoms with Gasteiger partial charge in [-0.05, 0) is 11.6 Å². The van der Waals surface area contributed by atoms with E-state index in [-0.39, 0.29) is 10.7 Å². The minimum Gasteiger partial charge on any atom is -0.481 e. The van der Waals surface area contributed by atoms with E-state index in [1.165, 1.54) is 17.9 Å². The van der Waals surface area contributed by atoms with E-state index < -0.39 is 0 Å². The summed E-state index contributed by atoms with van der Waals surface area (Å²) in [6.07, 6.45) is 1.59. The summed E-state index contributed by atoms with van der Waals surface area (Å²) in [5, 5.41) is 4.18. The molecule has 88 valence electrons. The van der Waals surface area contributed by atoms with Gasteiger partial charge in [0, 0.05) is 30.9 Å². The maximum Gasteiger partial charge on any atom is 0.267 e. The van der Waals surface area contributed by atoms with Crippen molar-refractivity contribution < 1.29 is 4.74 Å². The Morgan fingerprint density at radius 3 is 2.88 bits per heavy atom. The number of rotatable bonds is 2. The summed E-state index contributed by atoms with van der Waals surface area (Å²) in [6.45, 7) is 0. The van der Waals surface area contributed by atoms with Crippen molar-refractivity contribution in [2.45, 2.75) is 0 Å². The van der Waals surface area contributed by atoms with Gasteiger partial charge in [0.2, 0.25) is 5.88 Å². The van der Waals surface area contributed by atoms with E-state index in [0.29, 0.717) is 11.4 Å². The normalized spacial score (nSPS) is 10.3. The number of aryl methyl sites for hydroxylation is 1. The van der Waals surface area contributed by atoms with Crippen LogP contribution in [0.3, 0.4) is 0 Å². The molecule has 0 fully saturated rings. The summed E-state index contributed by atoms with van der Waals surface area (Å²) < 4.78 is 6.20. The fourth-order valence-electron chi connectivity index (χ4n) is 1.40. The highest BCUT2D eigenvalue weighted by Crippen LogP contribution is 2.25. The van der Waals surface area contributed by atoms with Crippen LogP contribution in [0.1, 0.15) is 0 Å². The first kappa shape index (κ1) is 11.6. The van der Waals surface area contributed by atoms with Crippen LogP contribution in [-0.2, 0) is 7.05 Å². The molecule has 0 unspecified atom stereocenters. The van der Waals surface area contributed by atoms with Gasteiger partial charge >= 0.3 is 0 Å². The lowest BCUT2D eigenvalue weighted by molar-refractivity contribution is 0.398. The van der Waals surface area contributed by atoms with Gasteiger partial charge in [-0.15, -0.1) is 0 Å². The molecule has 2 aromatic rings. The molecule has 0 spiro atoms. The summed E-state index contributed by atoms with van der Waals surface area (Å²) in [5.41, 5.74) is 1.09. The molecule has 0 radical (unpaired) electrons. The van der Waals surface area contributed by atoms with E-state index in [2.05, 4.69) is 10.1 Å². The molecule has 0 saturated heterocycles. The molecule has 6 heteroatoms. The molecule has 0 aliphatic heterocycles. The van der Waals surface area contributed by atoms with Crippen LogP contribution in [0.5, 0.6) is 5.88 Å². The van der Waals surface area contributed by atoms with E-state index in [0.717, 1.165) is 5.56 Å². The lowest BCUT2D eigenvalue weighted by Gasteiger charge is -2.06. The zero-order valence-corrected chi connectivity index (χ0v) is 10.1. The number of nitrogens with zero attached hydrogens (tertiary/aromatic N) is 3. The second kappa shape index (κ2) is 4.55. The summed E-state index contributed by atoms with van der Waals surface area (Å²) >= 11 is 6.00. The molecule has 2 aromatic heterocycles. The van der Waals surface area contributed by atoms with Crippen molar-refractivity contribution in [2.75, 3.05) is 7.11 Å². The topological polar surface area (TPSA) is 57.0 Å². The second-order valence-electron chi connectivity index (χ2n) is 3.40. The number of aromatic nitrogens is 3.